The van der Waals surface area contributed by atoms with E-state index in [1.807, 2.05) is 25.1 Å². The zero-order valence-corrected chi connectivity index (χ0v) is 15.3. The van der Waals surface area contributed by atoms with Gasteiger partial charge in [-0.15, -0.1) is 0 Å². The van der Waals surface area contributed by atoms with E-state index in [1.54, 1.807) is 12.1 Å². The first-order valence-electron chi connectivity index (χ1n) is 8.79. The molecule has 0 radical (unpaired) electrons. The number of nitrogens with one attached hydrogen (secondary N) is 2. The quantitative estimate of drug-likeness (QED) is 0.575. The maximum atomic E-state index is 12.9. The molecule has 1 aromatic carbocycles. The zero-order valence-electron chi connectivity index (χ0n) is 15.3. The van der Waals surface area contributed by atoms with Crippen LogP contribution in [0.25, 0.3) is 11.8 Å². The Bertz CT molecular complexity index is 927. The second-order valence-electron chi connectivity index (χ2n) is 6.21. The topological polar surface area (TPSA) is 96.4 Å². The maximum absolute atomic E-state index is 12.9. The first-order valence-corrected chi connectivity index (χ1v) is 8.79. The van der Waals surface area contributed by atoms with Crippen LogP contribution < -0.4 is 10.9 Å². The minimum atomic E-state index is -0.466. The summed E-state index contributed by atoms with van der Waals surface area (Å²) in [5.74, 6) is -0.427. The summed E-state index contributed by atoms with van der Waals surface area (Å²) in [6.07, 6.45) is 3.01. The Morgan fingerprint density at radius 1 is 1.15 bits per heavy atom. The number of imide groups is 1. The Kier molecular flexibility index (Phi) is 5.56. The number of methoxy groups -OCH3 is 1. The van der Waals surface area contributed by atoms with Gasteiger partial charge in [-0.3, -0.25) is 19.6 Å². The lowest BCUT2D eigenvalue weighted by molar-refractivity contribution is -0.122. The summed E-state index contributed by atoms with van der Waals surface area (Å²) in [6, 6.07) is 8.62. The predicted molar refractivity (Wildman–Crippen MR) is 100 cm³/mol. The smallest absolute Gasteiger partial charge is 0.329 e. The number of urea groups is 1. The first kappa shape index (κ1) is 18.7. The van der Waals surface area contributed by atoms with Gasteiger partial charge >= 0.3 is 6.03 Å². The first-order chi connectivity index (χ1) is 13.1. The Hall–Kier alpha value is -3.13. The Morgan fingerprint density at radius 2 is 1.89 bits per heavy atom. The maximum Gasteiger partial charge on any atom is 0.329 e. The van der Waals surface area contributed by atoms with Crippen LogP contribution in [0.3, 0.4) is 0 Å². The van der Waals surface area contributed by atoms with Gasteiger partial charge < -0.3 is 10.1 Å². The van der Waals surface area contributed by atoms with Gasteiger partial charge in [-0.25, -0.2) is 9.48 Å². The van der Waals surface area contributed by atoms with Gasteiger partial charge in [0, 0.05) is 13.7 Å². The molecule has 0 bridgehead atoms. The molecule has 0 spiro atoms. The molecular formula is C19H22N4O4. The van der Waals surface area contributed by atoms with E-state index in [0.29, 0.717) is 17.9 Å². The van der Waals surface area contributed by atoms with Crippen molar-refractivity contribution in [2.24, 2.45) is 0 Å². The van der Waals surface area contributed by atoms with Crippen molar-refractivity contribution >= 4 is 18.0 Å². The molecule has 2 aromatic rings. The summed E-state index contributed by atoms with van der Waals surface area (Å²) in [7, 11) is 1.52. The molecule has 0 saturated carbocycles. The van der Waals surface area contributed by atoms with Crippen LogP contribution in [0.15, 0.2) is 40.8 Å². The summed E-state index contributed by atoms with van der Waals surface area (Å²) < 4.78 is 6.55. The largest absolute Gasteiger partial charge is 0.378 e. The van der Waals surface area contributed by atoms with Gasteiger partial charge in [-0.2, -0.15) is 0 Å². The number of hydrogen-bond acceptors (Lipinski definition) is 4. The second-order valence-corrected chi connectivity index (χ2v) is 6.21. The third kappa shape index (κ3) is 3.70. The molecule has 0 unspecified atom stereocenters. The molecule has 2 heterocycles. The van der Waals surface area contributed by atoms with Gasteiger partial charge in [-0.05, 0) is 24.6 Å². The molecule has 8 heteroatoms. The number of nitrogens with zero attached hydrogens (tertiary/aromatic N) is 2. The summed E-state index contributed by atoms with van der Waals surface area (Å²) in [5, 5.41) is 5.56. The Morgan fingerprint density at radius 3 is 2.56 bits per heavy atom. The molecule has 1 aliphatic rings. The van der Waals surface area contributed by atoms with Crippen molar-refractivity contribution in [3.05, 3.63) is 57.6 Å². The highest BCUT2D eigenvalue weighted by Gasteiger charge is 2.33. The summed E-state index contributed by atoms with van der Waals surface area (Å²) in [6.45, 7) is 2.50. The molecule has 1 aromatic heterocycles. The highest BCUT2D eigenvalue weighted by Crippen LogP contribution is 2.16. The van der Waals surface area contributed by atoms with E-state index in [0.717, 1.165) is 17.7 Å². The molecule has 1 saturated heterocycles. The highest BCUT2D eigenvalue weighted by molar-refractivity contribution is 6.14. The Balaban J connectivity index is 2.00. The van der Waals surface area contributed by atoms with Crippen LogP contribution in [0.2, 0.25) is 0 Å². The van der Waals surface area contributed by atoms with Gasteiger partial charge in [-0.1, -0.05) is 31.5 Å². The molecule has 1 aliphatic heterocycles. The summed E-state index contributed by atoms with van der Waals surface area (Å²) >= 11 is 0. The molecule has 8 nitrogen and oxygen atoms in total. The van der Waals surface area contributed by atoms with Crippen LogP contribution in [0, 0.1) is 0 Å². The van der Waals surface area contributed by atoms with Crippen molar-refractivity contribution in [1.29, 1.82) is 0 Å². The minimum Gasteiger partial charge on any atom is -0.378 e. The molecular weight excluding hydrogens is 348 g/mol. The predicted octanol–water partition coefficient (Wildman–Crippen LogP) is 2.00. The number of aromatic nitrogens is 2. The number of unbranched alkanes of at least 4 members (excludes halogenated alkanes) is 1. The third-order valence-corrected chi connectivity index (χ3v) is 4.29. The molecule has 0 aliphatic carbocycles. The average molecular weight is 370 g/mol. The Labute approximate surface area is 156 Å². The lowest BCUT2D eigenvalue weighted by Gasteiger charge is -2.09. The van der Waals surface area contributed by atoms with Gasteiger partial charge in [0.15, 0.2) is 0 Å². The summed E-state index contributed by atoms with van der Waals surface area (Å²) in [5.41, 5.74) is 1.23. The van der Waals surface area contributed by atoms with Gasteiger partial charge in [0.05, 0.1) is 23.6 Å². The van der Waals surface area contributed by atoms with E-state index >= 15 is 0 Å². The van der Waals surface area contributed by atoms with Crippen molar-refractivity contribution in [2.45, 2.75) is 26.4 Å². The molecule has 2 N–H and O–H groups in total. The van der Waals surface area contributed by atoms with E-state index < -0.39 is 11.9 Å². The van der Waals surface area contributed by atoms with Crippen molar-refractivity contribution in [3.8, 4) is 5.69 Å². The van der Waals surface area contributed by atoms with Gasteiger partial charge in [0.25, 0.3) is 11.5 Å². The lowest BCUT2D eigenvalue weighted by Crippen LogP contribution is -2.31. The molecule has 27 heavy (non-hydrogen) atoms. The second kappa shape index (κ2) is 8.05. The average Bonchev–Trinajstić information content (AvgIpc) is 3.12. The molecule has 3 amide bonds. The fraction of sp³-hybridized carbons (Fsp3) is 0.316. The van der Waals surface area contributed by atoms with Crippen molar-refractivity contribution < 1.29 is 14.3 Å². The monoisotopic (exact) mass is 370 g/mol. The number of hydrogen-bond donors (Lipinski definition) is 2. The number of rotatable bonds is 7. The molecule has 1 fully saturated rings. The van der Waals surface area contributed by atoms with E-state index in [-0.39, 0.29) is 23.4 Å². The minimum absolute atomic E-state index is 0.0877. The van der Waals surface area contributed by atoms with E-state index in [1.165, 1.54) is 17.9 Å². The van der Waals surface area contributed by atoms with E-state index in [4.69, 9.17) is 4.74 Å². The van der Waals surface area contributed by atoms with Crippen LogP contribution in [-0.2, 0) is 16.1 Å². The van der Waals surface area contributed by atoms with E-state index in [9.17, 15) is 14.4 Å². The van der Waals surface area contributed by atoms with Crippen LogP contribution in [0.4, 0.5) is 4.79 Å². The number of benzene rings is 1. The standard InChI is InChI=1S/C19H22N4O4/c1-3-4-10-22-18(25)15(20-19(22)26)11-14-16(12-27-2)21-23(17(14)24)13-8-6-5-7-9-13/h5-9,11,21H,3-4,10,12H2,1-2H3,(H,20,26)/b15-11-. The number of amides is 3. The lowest BCUT2D eigenvalue weighted by atomic mass is 10.2. The number of aromatic amines is 1. The van der Waals surface area contributed by atoms with Crippen LogP contribution in [-0.4, -0.2) is 40.3 Å². The summed E-state index contributed by atoms with van der Waals surface area (Å²) in [4.78, 5) is 38.6. The molecule has 0 atom stereocenters. The van der Waals surface area contributed by atoms with Gasteiger partial charge in [0.2, 0.25) is 0 Å². The number of ether oxygens (including phenoxy) is 1. The number of carbonyl (C=O) groups excluding carboxylic acids is 2. The third-order valence-electron chi connectivity index (χ3n) is 4.29. The molecule has 3 rings (SSSR count). The number of para-hydroxylation sites is 1. The highest BCUT2D eigenvalue weighted by atomic mass is 16.5. The number of H-pyrrole nitrogens is 1. The molecule has 142 valence electrons. The van der Waals surface area contributed by atoms with Crippen molar-refractivity contribution in [1.82, 2.24) is 20.0 Å². The van der Waals surface area contributed by atoms with Crippen LogP contribution in [0.1, 0.15) is 31.0 Å². The number of carbonyl (C=O) groups is 2. The van der Waals surface area contributed by atoms with Crippen molar-refractivity contribution in [2.75, 3.05) is 13.7 Å². The van der Waals surface area contributed by atoms with E-state index in [2.05, 4.69) is 10.4 Å². The normalized spacial score (nSPS) is 15.6. The SMILES string of the molecule is CCCCN1C(=O)N/C(=C\c2c(COC)[nH]n(-c3ccccc3)c2=O)C1=O. The fourth-order valence-electron chi connectivity index (χ4n) is 2.89. The van der Waals surface area contributed by atoms with Crippen LogP contribution in [0.5, 0.6) is 0 Å². The van der Waals surface area contributed by atoms with Crippen LogP contribution >= 0.6 is 0 Å². The van der Waals surface area contributed by atoms with Gasteiger partial charge in [0.1, 0.15) is 5.70 Å². The fourth-order valence-corrected chi connectivity index (χ4v) is 2.89. The van der Waals surface area contributed by atoms with Crippen molar-refractivity contribution in [3.63, 3.8) is 0 Å². The zero-order chi connectivity index (χ0) is 19.4.